The highest BCUT2D eigenvalue weighted by atomic mass is 35.5. The van der Waals surface area contributed by atoms with Gasteiger partial charge in [0, 0.05) is 18.2 Å². The van der Waals surface area contributed by atoms with E-state index in [0.29, 0.717) is 21.6 Å². The largest absolute Gasteiger partial charge is 0.497 e. The van der Waals surface area contributed by atoms with E-state index in [1.54, 1.807) is 31.4 Å². The first kappa shape index (κ1) is 18.5. The van der Waals surface area contributed by atoms with Crippen molar-refractivity contribution in [3.63, 3.8) is 0 Å². The number of methoxy groups -OCH3 is 1. The van der Waals surface area contributed by atoms with Crippen LogP contribution >= 0.6 is 23.4 Å². The fraction of sp³-hybridized carbons (Fsp3) is 0.211. The van der Waals surface area contributed by atoms with Gasteiger partial charge in [-0.05, 0) is 43.3 Å². The van der Waals surface area contributed by atoms with E-state index in [2.05, 4.69) is 10.2 Å². The number of thioether (sulfide) groups is 1. The molecule has 0 N–H and O–H groups in total. The third-order valence-electron chi connectivity index (χ3n) is 3.98. The Morgan fingerprint density at radius 1 is 1.15 bits per heavy atom. The molecule has 26 heavy (non-hydrogen) atoms. The molecule has 0 spiro atoms. The molecule has 3 aromatic rings. The second kappa shape index (κ2) is 7.93. The molecule has 0 unspecified atom stereocenters. The van der Waals surface area contributed by atoms with Gasteiger partial charge in [-0.25, -0.2) is 0 Å². The van der Waals surface area contributed by atoms with Crippen LogP contribution in [0.15, 0.2) is 53.7 Å². The van der Waals surface area contributed by atoms with Crippen molar-refractivity contribution in [1.29, 1.82) is 0 Å². The van der Waals surface area contributed by atoms with Crippen LogP contribution < -0.4 is 4.74 Å². The van der Waals surface area contributed by atoms with Gasteiger partial charge in [-0.2, -0.15) is 0 Å². The monoisotopic (exact) mass is 387 g/mol. The maximum absolute atomic E-state index is 12.7. The number of Topliss-reactive ketones (excluding diaryl/α,β-unsaturated/α-hetero) is 1. The summed E-state index contributed by atoms with van der Waals surface area (Å²) < 4.78 is 6.98. The Bertz CT molecular complexity index is 925. The topological polar surface area (TPSA) is 57.0 Å². The summed E-state index contributed by atoms with van der Waals surface area (Å²) in [7, 11) is 3.46. The van der Waals surface area contributed by atoms with Crippen molar-refractivity contribution >= 4 is 29.1 Å². The minimum atomic E-state index is -0.301. The Hall–Kier alpha value is -2.31. The van der Waals surface area contributed by atoms with Crippen molar-refractivity contribution in [1.82, 2.24) is 14.8 Å². The van der Waals surface area contributed by atoms with Crippen LogP contribution in [0.4, 0.5) is 0 Å². The number of aromatic nitrogens is 3. The number of ketones is 1. The van der Waals surface area contributed by atoms with Crippen LogP contribution in [-0.4, -0.2) is 32.9 Å². The van der Waals surface area contributed by atoms with E-state index < -0.39 is 0 Å². The molecule has 7 heteroatoms. The average Bonchev–Trinajstić information content (AvgIpc) is 3.02. The van der Waals surface area contributed by atoms with Crippen LogP contribution in [0.1, 0.15) is 17.3 Å². The molecule has 1 aromatic heterocycles. The summed E-state index contributed by atoms with van der Waals surface area (Å²) in [6.07, 6.45) is 0. The molecule has 2 aromatic carbocycles. The second-order valence-electron chi connectivity index (χ2n) is 5.70. The highest BCUT2D eigenvalue weighted by Crippen LogP contribution is 2.30. The summed E-state index contributed by atoms with van der Waals surface area (Å²) in [4.78, 5) is 12.7. The number of carbonyl (C=O) groups is 1. The molecule has 0 radical (unpaired) electrons. The molecule has 0 aliphatic carbocycles. The minimum Gasteiger partial charge on any atom is -0.497 e. The summed E-state index contributed by atoms with van der Waals surface area (Å²) in [5.41, 5.74) is 1.45. The summed E-state index contributed by atoms with van der Waals surface area (Å²) in [6.45, 7) is 1.86. The van der Waals surface area contributed by atoms with Gasteiger partial charge in [0.2, 0.25) is 0 Å². The highest BCUT2D eigenvalue weighted by Gasteiger charge is 2.21. The number of ether oxygens (including phenoxy) is 1. The number of carbonyl (C=O) groups excluding carboxylic acids is 1. The Kier molecular flexibility index (Phi) is 5.64. The Balaban J connectivity index is 1.78. The van der Waals surface area contributed by atoms with E-state index in [9.17, 15) is 4.79 Å². The van der Waals surface area contributed by atoms with Gasteiger partial charge < -0.3 is 9.30 Å². The normalized spacial score (nSPS) is 12.0. The summed E-state index contributed by atoms with van der Waals surface area (Å²) in [5, 5.41) is 9.43. The van der Waals surface area contributed by atoms with Crippen LogP contribution in [0, 0.1) is 0 Å². The predicted octanol–water partition coefficient (Wildman–Crippen LogP) is 4.51. The van der Waals surface area contributed by atoms with Crippen LogP contribution in [0.25, 0.3) is 11.4 Å². The molecule has 0 amide bonds. The van der Waals surface area contributed by atoms with Crippen molar-refractivity contribution in [2.75, 3.05) is 7.11 Å². The average molecular weight is 388 g/mol. The first-order chi connectivity index (χ1) is 12.5. The lowest BCUT2D eigenvalue weighted by Crippen LogP contribution is -2.14. The summed E-state index contributed by atoms with van der Waals surface area (Å²) in [6, 6.07) is 14.6. The number of rotatable bonds is 6. The second-order valence-corrected chi connectivity index (χ2v) is 7.41. The smallest absolute Gasteiger partial charge is 0.191 e. The zero-order valence-corrected chi connectivity index (χ0v) is 16.2. The number of halogens is 1. The standard InChI is InChI=1S/C19H18ClN3O2S/c1-12(17(24)13-8-10-14(25-3)11-9-13)26-19-22-21-18(23(19)2)15-6-4-5-7-16(15)20/h4-12H,1-3H3/t12-/m1/s1. The van der Waals surface area contributed by atoms with Gasteiger partial charge in [0.05, 0.1) is 17.4 Å². The lowest BCUT2D eigenvalue weighted by atomic mass is 10.1. The maximum atomic E-state index is 12.7. The number of benzene rings is 2. The molecule has 3 rings (SSSR count). The van der Waals surface area contributed by atoms with E-state index in [1.165, 1.54) is 11.8 Å². The van der Waals surface area contributed by atoms with Crippen LogP contribution in [0.2, 0.25) is 5.02 Å². The lowest BCUT2D eigenvalue weighted by Gasteiger charge is -2.11. The molecule has 0 bridgehead atoms. The fourth-order valence-corrected chi connectivity index (χ4v) is 3.61. The van der Waals surface area contributed by atoms with E-state index in [4.69, 9.17) is 16.3 Å². The molecule has 1 heterocycles. The number of hydrogen-bond donors (Lipinski definition) is 0. The van der Waals surface area contributed by atoms with Gasteiger partial charge >= 0.3 is 0 Å². The van der Waals surface area contributed by atoms with Crippen molar-refractivity contribution < 1.29 is 9.53 Å². The predicted molar refractivity (Wildman–Crippen MR) is 104 cm³/mol. The highest BCUT2D eigenvalue weighted by molar-refractivity contribution is 8.00. The quantitative estimate of drug-likeness (QED) is 0.460. The third-order valence-corrected chi connectivity index (χ3v) is 5.44. The van der Waals surface area contributed by atoms with Gasteiger partial charge in [-0.1, -0.05) is 35.5 Å². The SMILES string of the molecule is COc1ccc(C(=O)[C@@H](C)Sc2nnc(-c3ccccc3Cl)n2C)cc1. The molecule has 0 aliphatic rings. The first-order valence-corrected chi connectivity index (χ1v) is 9.26. The van der Waals surface area contributed by atoms with Gasteiger partial charge in [-0.15, -0.1) is 10.2 Å². The van der Waals surface area contributed by atoms with Crippen molar-refractivity contribution in [2.24, 2.45) is 7.05 Å². The molecule has 0 saturated carbocycles. The van der Waals surface area contributed by atoms with E-state index in [0.717, 1.165) is 11.3 Å². The lowest BCUT2D eigenvalue weighted by molar-refractivity contribution is 0.0994. The molecular formula is C19H18ClN3O2S. The molecule has 0 fully saturated rings. The molecule has 134 valence electrons. The van der Waals surface area contributed by atoms with E-state index >= 15 is 0 Å². The first-order valence-electron chi connectivity index (χ1n) is 8.00. The summed E-state index contributed by atoms with van der Waals surface area (Å²) >= 11 is 7.62. The van der Waals surface area contributed by atoms with Crippen molar-refractivity contribution in [3.8, 4) is 17.1 Å². The van der Waals surface area contributed by atoms with Gasteiger partial charge in [0.1, 0.15) is 5.75 Å². The number of nitrogens with zero attached hydrogens (tertiary/aromatic N) is 3. The van der Waals surface area contributed by atoms with Gasteiger partial charge in [0.15, 0.2) is 16.8 Å². The zero-order valence-electron chi connectivity index (χ0n) is 14.6. The fourth-order valence-electron chi connectivity index (χ4n) is 2.50. The molecule has 0 aliphatic heterocycles. The minimum absolute atomic E-state index is 0.0277. The van der Waals surface area contributed by atoms with Crippen LogP contribution in [0.3, 0.4) is 0 Å². The van der Waals surface area contributed by atoms with Crippen LogP contribution in [-0.2, 0) is 7.05 Å². The van der Waals surface area contributed by atoms with Gasteiger partial charge in [-0.3, -0.25) is 4.79 Å². The van der Waals surface area contributed by atoms with E-state index in [1.807, 2.05) is 42.8 Å². The third kappa shape index (κ3) is 3.76. The van der Waals surface area contributed by atoms with Crippen molar-refractivity contribution in [3.05, 3.63) is 59.1 Å². The maximum Gasteiger partial charge on any atom is 0.191 e. The number of hydrogen-bond acceptors (Lipinski definition) is 5. The molecule has 0 saturated heterocycles. The molecule has 1 atom stereocenters. The molecule has 5 nitrogen and oxygen atoms in total. The Morgan fingerprint density at radius 2 is 1.85 bits per heavy atom. The van der Waals surface area contributed by atoms with E-state index in [-0.39, 0.29) is 11.0 Å². The van der Waals surface area contributed by atoms with Crippen LogP contribution in [0.5, 0.6) is 5.75 Å². The Labute approximate surface area is 161 Å². The van der Waals surface area contributed by atoms with Crippen molar-refractivity contribution in [2.45, 2.75) is 17.3 Å². The molecular weight excluding hydrogens is 370 g/mol. The Morgan fingerprint density at radius 3 is 2.50 bits per heavy atom. The summed E-state index contributed by atoms with van der Waals surface area (Å²) in [5.74, 6) is 1.42. The van der Waals surface area contributed by atoms with Gasteiger partial charge in [0.25, 0.3) is 0 Å². The zero-order chi connectivity index (χ0) is 18.7.